The number of aliphatic hydroxyl groups is 1. The minimum Gasteiger partial charge on any atom is -0.393 e. The van der Waals surface area contributed by atoms with E-state index in [9.17, 15) is 5.11 Å². The van der Waals surface area contributed by atoms with E-state index in [4.69, 9.17) is 11.6 Å². The highest BCUT2D eigenvalue weighted by atomic mass is 35.5. The van der Waals surface area contributed by atoms with E-state index in [0.29, 0.717) is 5.92 Å². The van der Waals surface area contributed by atoms with Crippen molar-refractivity contribution in [3.05, 3.63) is 34.9 Å². The number of hydrogen-bond donors (Lipinski definition) is 1. The molecule has 0 aromatic heterocycles. The molecule has 3 heteroatoms. The van der Waals surface area contributed by atoms with E-state index in [-0.39, 0.29) is 6.10 Å². The zero-order chi connectivity index (χ0) is 11.5. The van der Waals surface area contributed by atoms with Crippen molar-refractivity contribution >= 4 is 11.6 Å². The van der Waals surface area contributed by atoms with Crippen molar-refractivity contribution in [1.29, 1.82) is 0 Å². The van der Waals surface area contributed by atoms with Gasteiger partial charge in [-0.05, 0) is 24.0 Å². The first kappa shape index (κ1) is 11.9. The minimum absolute atomic E-state index is 0.137. The number of benzene rings is 1. The smallest absolute Gasteiger partial charge is 0.0590 e. The Hall–Kier alpha value is -0.570. The van der Waals surface area contributed by atoms with E-state index >= 15 is 0 Å². The molecule has 2 atom stereocenters. The quantitative estimate of drug-likeness (QED) is 0.858. The van der Waals surface area contributed by atoms with Gasteiger partial charge in [-0.2, -0.15) is 0 Å². The normalized spacial score (nSPS) is 26.9. The summed E-state index contributed by atoms with van der Waals surface area (Å²) in [5.41, 5.74) is 1.17. The van der Waals surface area contributed by atoms with Gasteiger partial charge in [-0.3, -0.25) is 4.90 Å². The molecule has 1 N–H and O–H groups in total. The fourth-order valence-electron chi connectivity index (χ4n) is 2.23. The van der Waals surface area contributed by atoms with Crippen LogP contribution in [0.2, 0.25) is 5.02 Å². The third-order valence-corrected chi connectivity index (χ3v) is 3.66. The largest absolute Gasteiger partial charge is 0.393 e. The predicted molar refractivity (Wildman–Crippen MR) is 66.5 cm³/mol. The Morgan fingerprint density at radius 1 is 1.44 bits per heavy atom. The van der Waals surface area contributed by atoms with Gasteiger partial charge >= 0.3 is 0 Å². The molecule has 0 bridgehead atoms. The molecule has 1 aliphatic rings. The maximum absolute atomic E-state index is 9.66. The molecule has 1 fully saturated rings. The van der Waals surface area contributed by atoms with Crippen molar-refractivity contribution in [2.75, 3.05) is 13.1 Å². The number of hydrogen-bond acceptors (Lipinski definition) is 2. The molecule has 0 aliphatic carbocycles. The summed E-state index contributed by atoms with van der Waals surface area (Å²) in [7, 11) is 0. The number of likely N-dealkylation sites (tertiary alicyclic amines) is 1. The van der Waals surface area contributed by atoms with Crippen molar-refractivity contribution < 1.29 is 5.11 Å². The lowest BCUT2D eigenvalue weighted by Crippen LogP contribution is -2.41. The van der Waals surface area contributed by atoms with E-state index in [0.717, 1.165) is 31.1 Å². The highest BCUT2D eigenvalue weighted by Gasteiger charge is 2.24. The Morgan fingerprint density at radius 3 is 2.88 bits per heavy atom. The minimum atomic E-state index is -0.137. The molecule has 1 saturated heterocycles. The van der Waals surface area contributed by atoms with E-state index in [1.165, 1.54) is 5.56 Å². The molecule has 16 heavy (non-hydrogen) atoms. The molecule has 2 unspecified atom stereocenters. The number of piperidine rings is 1. The van der Waals surface area contributed by atoms with Gasteiger partial charge in [0.25, 0.3) is 0 Å². The summed E-state index contributed by atoms with van der Waals surface area (Å²) in [6.07, 6.45) is 0.730. The van der Waals surface area contributed by atoms with Crippen LogP contribution < -0.4 is 0 Å². The van der Waals surface area contributed by atoms with Crippen LogP contribution in [0, 0.1) is 5.92 Å². The maximum Gasteiger partial charge on any atom is 0.0590 e. The highest BCUT2D eigenvalue weighted by Crippen LogP contribution is 2.21. The summed E-state index contributed by atoms with van der Waals surface area (Å²) in [5, 5.41) is 10.5. The molecule has 2 rings (SSSR count). The zero-order valence-corrected chi connectivity index (χ0v) is 10.3. The lowest BCUT2D eigenvalue weighted by molar-refractivity contribution is 0.0320. The first-order valence-electron chi connectivity index (χ1n) is 5.80. The average Bonchev–Trinajstić information content (AvgIpc) is 2.27. The number of nitrogens with zero attached hydrogens (tertiary/aromatic N) is 1. The van der Waals surface area contributed by atoms with Crippen LogP contribution >= 0.6 is 11.6 Å². The second-order valence-corrected chi connectivity index (χ2v) is 5.07. The van der Waals surface area contributed by atoms with Crippen molar-refractivity contribution in [2.24, 2.45) is 5.92 Å². The first-order chi connectivity index (χ1) is 7.66. The van der Waals surface area contributed by atoms with E-state index in [1.807, 2.05) is 18.2 Å². The molecule has 1 aromatic rings. The Labute approximate surface area is 102 Å². The van der Waals surface area contributed by atoms with Crippen LogP contribution in [0.25, 0.3) is 0 Å². The average molecular weight is 240 g/mol. The summed E-state index contributed by atoms with van der Waals surface area (Å²) in [6.45, 7) is 4.89. The molecule has 0 radical (unpaired) electrons. The Morgan fingerprint density at radius 2 is 2.19 bits per heavy atom. The van der Waals surface area contributed by atoms with Crippen molar-refractivity contribution in [3.63, 3.8) is 0 Å². The van der Waals surface area contributed by atoms with Crippen LogP contribution in [-0.2, 0) is 6.54 Å². The number of halogens is 1. The Kier molecular flexibility index (Phi) is 3.85. The highest BCUT2D eigenvalue weighted by molar-refractivity contribution is 6.31. The molecule has 0 saturated carbocycles. The lowest BCUT2D eigenvalue weighted by atomic mass is 9.96. The van der Waals surface area contributed by atoms with Gasteiger partial charge in [-0.15, -0.1) is 0 Å². The zero-order valence-electron chi connectivity index (χ0n) is 9.56. The summed E-state index contributed by atoms with van der Waals surface area (Å²) >= 11 is 6.13. The molecule has 1 aromatic carbocycles. The molecule has 0 amide bonds. The molecular weight excluding hydrogens is 222 g/mol. The summed E-state index contributed by atoms with van der Waals surface area (Å²) < 4.78 is 0. The van der Waals surface area contributed by atoms with Crippen LogP contribution in [0.1, 0.15) is 18.9 Å². The third kappa shape index (κ3) is 2.76. The summed E-state index contributed by atoms with van der Waals surface area (Å²) in [5.74, 6) is 0.358. The molecule has 1 aliphatic heterocycles. The van der Waals surface area contributed by atoms with E-state index in [1.54, 1.807) is 0 Å². The van der Waals surface area contributed by atoms with Gasteiger partial charge in [0.15, 0.2) is 0 Å². The summed E-state index contributed by atoms with van der Waals surface area (Å²) in [4.78, 5) is 2.36. The van der Waals surface area contributed by atoms with Crippen molar-refractivity contribution in [3.8, 4) is 0 Å². The van der Waals surface area contributed by atoms with Gasteiger partial charge in [0, 0.05) is 24.7 Å². The van der Waals surface area contributed by atoms with Gasteiger partial charge in [-0.25, -0.2) is 0 Å². The maximum atomic E-state index is 9.66. The number of rotatable bonds is 2. The van der Waals surface area contributed by atoms with Gasteiger partial charge in [0.1, 0.15) is 0 Å². The second kappa shape index (κ2) is 5.17. The van der Waals surface area contributed by atoms with Gasteiger partial charge in [-0.1, -0.05) is 36.7 Å². The molecule has 2 nitrogen and oxygen atoms in total. The Bertz CT molecular complexity index is 356. The van der Waals surface area contributed by atoms with E-state index in [2.05, 4.69) is 17.9 Å². The second-order valence-electron chi connectivity index (χ2n) is 4.66. The van der Waals surface area contributed by atoms with E-state index < -0.39 is 0 Å². The third-order valence-electron chi connectivity index (χ3n) is 3.30. The van der Waals surface area contributed by atoms with Crippen LogP contribution in [0.4, 0.5) is 0 Å². The van der Waals surface area contributed by atoms with Crippen LogP contribution in [-0.4, -0.2) is 29.2 Å². The van der Waals surface area contributed by atoms with Crippen LogP contribution in [0.5, 0.6) is 0 Å². The number of aliphatic hydroxyl groups excluding tert-OH is 1. The lowest BCUT2D eigenvalue weighted by Gasteiger charge is -2.34. The fraction of sp³-hybridized carbons (Fsp3) is 0.538. The Balaban J connectivity index is 1.98. The monoisotopic (exact) mass is 239 g/mol. The van der Waals surface area contributed by atoms with Crippen LogP contribution in [0.15, 0.2) is 24.3 Å². The first-order valence-corrected chi connectivity index (χ1v) is 6.18. The predicted octanol–water partition coefficient (Wildman–Crippen LogP) is 2.54. The van der Waals surface area contributed by atoms with Crippen molar-refractivity contribution in [2.45, 2.75) is 26.0 Å². The fourth-order valence-corrected chi connectivity index (χ4v) is 2.43. The SMILES string of the molecule is CC1CN(Cc2ccccc2Cl)CCC1O. The molecular formula is C13H18ClNO. The standard InChI is InChI=1S/C13H18ClNO/c1-10-8-15(7-6-13(10)16)9-11-4-2-3-5-12(11)14/h2-5,10,13,16H,6-9H2,1H3. The van der Waals surface area contributed by atoms with Gasteiger partial charge < -0.3 is 5.11 Å². The van der Waals surface area contributed by atoms with Gasteiger partial charge in [0.05, 0.1) is 6.10 Å². The van der Waals surface area contributed by atoms with Gasteiger partial charge in [0.2, 0.25) is 0 Å². The molecule has 1 heterocycles. The topological polar surface area (TPSA) is 23.5 Å². The van der Waals surface area contributed by atoms with Crippen LogP contribution in [0.3, 0.4) is 0 Å². The van der Waals surface area contributed by atoms with Crippen molar-refractivity contribution in [1.82, 2.24) is 4.90 Å². The molecule has 0 spiro atoms. The molecule has 88 valence electrons. The summed E-state index contributed by atoms with van der Waals surface area (Å²) in [6, 6.07) is 7.97.